The van der Waals surface area contributed by atoms with Crippen LogP contribution < -0.4 is 10.1 Å². The van der Waals surface area contributed by atoms with Gasteiger partial charge in [-0.05, 0) is 43.2 Å². The summed E-state index contributed by atoms with van der Waals surface area (Å²) in [5.41, 5.74) is 3.15. The molecule has 5 heteroatoms. The minimum Gasteiger partial charge on any atom is -0.494 e. The third kappa shape index (κ3) is 3.88. The van der Waals surface area contributed by atoms with Crippen LogP contribution in [0.4, 0.5) is 4.79 Å². The molecule has 0 atom stereocenters. The lowest BCUT2D eigenvalue weighted by Gasteiger charge is -2.11. The molecule has 3 amide bonds. The number of benzene rings is 2. The standard InChI is InChI=1S/C20H20N2O3/c1-3-25-17-10-8-15(9-11-17)12-18-19(23)22(20(24)21-18)13-16-6-4-14(2)5-7-16/h4-12H,3,13H2,1-2H3,(H,21,24)/b18-12+. The van der Waals surface area contributed by atoms with Crippen molar-refractivity contribution in [3.8, 4) is 5.75 Å². The zero-order valence-electron chi connectivity index (χ0n) is 14.3. The van der Waals surface area contributed by atoms with Crippen LogP contribution in [0.5, 0.6) is 5.75 Å². The van der Waals surface area contributed by atoms with Gasteiger partial charge >= 0.3 is 6.03 Å². The molecule has 0 saturated carbocycles. The fourth-order valence-electron chi connectivity index (χ4n) is 2.58. The monoisotopic (exact) mass is 336 g/mol. The van der Waals surface area contributed by atoms with Crippen molar-refractivity contribution in [1.29, 1.82) is 0 Å². The Labute approximate surface area is 146 Å². The van der Waals surface area contributed by atoms with Crippen molar-refractivity contribution in [2.75, 3.05) is 6.61 Å². The molecule has 0 radical (unpaired) electrons. The van der Waals surface area contributed by atoms with Crippen LogP contribution in [0.15, 0.2) is 54.2 Å². The second-order valence-electron chi connectivity index (χ2n) is 5.87. The lowest BCUT2D eigenvalue weighted by atomic mass is 10.1. The van der Waals surface area contributed by atoms with E-state index in [2.05, 4.69) is 5.32 Å². The SMILES string of the molecule is CCOc1ccc(/C=C2/NC(=O)N(Cc3ccc(C)cc3)C2=O)cc1. The van der Waals surface area contributed by atoms with E-state index in [-0.39, 0.29) is 18.1 Å². The van der Waals surface area contributed by atoms with Crippen molar-refractivity contribution in [2.45, 2.75) is 20.4 Å². The molecule has 1 aliphatic heterocycles. The molecule has 0 spiro atoms. The maximum absolute atomic E-state index is 12.5. The molecule has 3 rings (SSSR count). The van der Waals surface area contributed by atoms with E-state index >= 15 is 0 Å². The van der Waals surface area contributed by atoms with E-state index in [1.807, 2.05) is 62.4 Å². The fourth-order valence-corrected chi connectivity index (χ4v) is 2.58. The van der Waals surface area contributed by atoms with Crippen LogP contribution in [0.3, 0.4) is 0 Å². The summed E-state index contributed by atoms with van der Waals surface area (Å²) in [5.74, 6) is 0.451. The molecule has 1 aliphatic rings. The number of hydrogen-bond donors (Lipinski definition) is 1. The second-order valence-corrected chi connectivity index (χ2v) is 5.87. The van der Waals surface area contributed by atoms with Gasteiger partial charge in [0.15, 0.2) is 0 Å². The van der Waals surface area contributed by atoms with E-state index < -0.39 is 6.03 Å². The Bertz CT molecular complexity index is 808. The van der Waals surface area contributed by atoms with Crippen LogP contribution in [0, 0.1) is 6.92 Å². The minimum atomic E-state index is -0.400. The highest BCUT2D eigenvalue weighted by Crippen LogP contribution is 2.19. The largest absolute Gasteiger partial charge is 0.494 e. The number of imide groups is 1. The zero-order valence-corrected chi connectivity index (χ0v) is 14.3. The number of aryl methyl sites for hydroxylation is 1. The lowest BCUT2D eigenvalue weighted by molar-refractivity contribution is -0.123. The molecular weight excluding hydrogens is 316 g/mol. The van der Waals surface area contributed by atoms with Gasteiger partial charge in [0.2, 0.25) is 0 Å². The number of rotatable bonds is 5. The summed E-state index contributed by atoms with van der Waals surface area (Å²) < 4.78 is 5.40. The van der Waals surface area contributed by atoms with Gasteiger partial charge in [0, 0.05) is 0 Å². The van der Waals surface area contributed by atoms with Gasteiger partial charge in [-0.1, -0.05) is 42.0 Å². The first-order valence-electron chi connectivity index (χ1n) is 8.20. The molecular formula is C20H20N2O3. The molecule has 128 valence electrons. The molecule has 0 bridgehead atoms. The first-order chi connectivity index (χ1) is 12.1. The van der Waals surface area contributed by atoms with Crippen molar-refractivity contribution in [3.63, 3.8) is 0 Å². The summed E-state index contributed by atoms with van der Waals surface area (Å²) in [6, 6.07) is 14.7. The first-order valence-corrected chi connectivity index (χ1v) is 8.20. The molecule has 1 heterocycles. The molecule has 0 aliphatic carbocycles. The van der Waals surface area contributed by atoms with E-state index in [1.54, 1.807) is 6.08 Å². The van der Waals surface area contributed by atoms with Gasteiger partial charge in [-0.2, -0.15) is 0 Å². The van der Waals surface area contributed by atoms with Gasteiger partial charge in [0.05, 0.1) is 13.2 Å². The Kier molecular flexibility index (Phi) is 4.84. The number of nitrogens with zero attached hydrogens (tertiary/aromatic N) is 1. The Hall–Kier alpha value is -3.08. The molecule has 0 unspecified atom stereocenters. The number of ether oxygens (including phenoxy) is 1. The van der Waals surface area contributed by atoms with Gasteiger partial charge < -0.3 is 10.1 Å². The smallest absolute Gasteiger partial charge is 0.329 e. The van der Waals surface area contributed by atoms with Gasteiger partial charge in [-0.15, -0.1) is 0 Å². The van der Waals surface area contributed by atoms with Gasteiger partial charge in [-0.25, -0.2) is 4.79 Å². The fraction of sp³-hybridized carbons (Fsp3) is 0.200. The molecule has 1 fully saturated rings. The summed E-state index contributed by atoms with van der Waals surface area (Å²) in [6.45, 7) is 4.77. The van der Waals surface area contributed by atoms with E-state index in [4.69, 9.17) is 4.74 Å². The van der Waals surface area contributed by atoms with Crippen LogP contribution in [0.25, 0.3) is 6.08 Å². The summed E-state index contributed by atoms with van der Waals surface area (Å²) in [4.78, 5) is 25.9. The average Bonchev–Trinajstić information content (AvgIpc) is 2.86. The molecule has 25 heavy (non-hydrogen) atoms. The molecule has 1 N–H and O–H groups in total. The lowest BCUT2D eigenvalue weighted by Crippen LogP contribution is -2.30. The van der Waals surface area contributed by atoms with Crippen LogP contribution in [-0.2, 0) is 11.3 Å². The van der Waals surface area contributed by atoms with Crippen LogP contribution >= 0.6 is 0 Å². The van der Waals surface area contributed by atoms with Crippen LogP contribution in [0.2, 0.25) is 0 Å². The van der Waals surface area contributed by atoms with E-state index in [0.717, 1.165) is 22.4 Å². The number of hydrogen-bond acceptors (Lipinski definition) is 3. The molecule has 0 aromatic heterocycles. The van der Waals surface area contributed by atoms with Crippen LogP contribution in [-0.4, -0.2) is 23.4 Å². The number of nitrogens with one attached hydrogen (secondary N) is 1. The predicted octanol–water partition coefficient (Wildman–Crippen LogP) is 3.49. The van der Waals surface area contributed by atoms with Crippen molar-refractivity contribution in [1.82, 2.24) is 10.2 Å². The number of urea groups is 1. The maximum Gasteiger partial charge on any atom is 0.329 e. The summed E-state index contributed by atoms with van der Waals surface area (Å²) in [5, 5.41) is 2.64. The number of carbonyl (C=O) groups is 2. The van der Waals surface area contributed by atoms with Gasteiger partial charge in [-0.3, -0.25) is 9.69 Å². The summed E-state index contributed by atoms with van der Waals surface area (Å²) in [6.07, 6.45) is 1.67. The second kappa shape index (κ2) is 7.21. The average molecular weight is 336 g/mol. The van der Waals surface area contributed by atoms with Gasteiger partial charge in [0.1, 0.15) is 11.4 Å². The highest BCUT2D eigenvalue weighted by Gasteiger charge is 2.33. The van der Waals surface area contributed by atoms with Crippen molar-refractivity contribution >= 4 is 18.0 Å². The quantitative estimate of drug-likeness (QED) is 0.672. The third-order valence-electron chi connectivity index (χ3n) is 3.93. The molecule has 2 aromatic carbocycles. The van der Waals surface area contributed by atoms with Crippen molar-refractivity contribution in [3.05, 3.63) is 70.9 Å². The maximum atomic E-state index is 12.5. The number of carbonyl (C=O) groups excluding carboxylic acids is 2. The third-order valence-corrected chi connectivity index (χ3v) is 3.93. The normalized spacial score (nSPS) is 15.6. The summed E-state index contributed by atoms with van der Waals surface area (Å²) >= 11 is 0. The van der Waals surface area contributed by atoms with E-state index in [1.165, 1.54) is 4.90 Å². The predicted molar refractivity (Wildman–Crippen MR) is 95.8 cm³/mol. The van der Waals surface area contributed by atoms with Gasteiger partial charge in [0.25, 0.3) is 5.91 Å². The van der Waals surface area contributed by atoms with Crippen molar-refractivity contribution in [2.24, 2.45) is 0 Å². The zero-order chi connectivity index (χ0) is 17.8. The van der Waals surface area contributed by atoms with E-state index in [9.17, 15) is 9.59 Å². The van der Waals surface area contributed by atoms with Crippen LogP contribution in [0.1, 0.15) is 23.6 Å². The molecule has 1 saturated heterocycles. The Balaban J connectivity index is 1.74. The Morgan fingerprint density at radius 1 is 1.04 bits per heavy atom. The Morgan fingerprint density at radius 3 is 2.36 bits per heavy atom. The topological polar surface area (TPSA) is 58.6 Å². The highest BCUT2D eigenvalue weighted by molar-refractivity contribution is 6.13. The molecule has 2 aromatic rings. The Morgan fingerprint density at radius 2 is 1.72 bits per heavy atom. The molecule has 5 nitrogen and oxygen atoms in total. The highest BCUT2D eigenvalue weighted by atomic mass is 16.5. The summed E-state index contributed by atoms with van der Waals surface area (Å²) in [7, 11) is 0. The minimum absolute atomic E-state index is 0.256. The van der Waals surface area contributed by atoms with E-state index in [0.29, 0.717) is 6.61 Å². The van der Waals surface area contributed by atoms with Crippen molar-refractivity contribution < 1.29 is 14.3 Å². The number of amides is 3. The first kappa shape index (κ1) is 16.8.